The molecule has 0 spiro atoms. The Bertz CT molecular complexity index is 2350. The molecule has 0 unspecified atom stereocenters. The molecule has 0 amide bonds. The summed E-state index contributed by atoms with van der Waals surface area (Å²) in [4.78, 5) is 0. The van der Waals surface area contributed by atoms with Crippen LogP contribution in [0.5, 0.6) is 0 Å². The van der Waals surface area contributed by atoms with E-state index in [1.54, 1.807) is 0 Å². The summed E-state index contributed by atoms with van der Waals surface area (Å²) < 4.78 is 2.53. The lowest BCUT2D eigenvalue weighted by Crippen LogP contribution is -2.15. The van der Waals surface area contributed by atoms with Gasteiger partial charge in [0.05, 0.1) is 11.0 Å². The van der Waals surface area contributed by atoms with Gasteiger partial charge in [0.15, 0.2) is 0 Å². The van der Waals surface area contributed by atoms with Gasteiger partial charge in [-0.1, -0.05) is 117 Å². The van der Waals surface area contributed by atoms with Crippen LogP contribution >= 0.6 is 0 Å². The highest BCUT2D eigenvalue weighted by molar-refractivity contribution is 6.32. The highest BCUT2D eigenvalue weighted by atomic mass is 15.0. The van der Waals surface area contributed by atoms with Gasteiger partial charge >= 0.3 is 0 Å². The van der Waals surface area contributed by atoms with E-state index < -0.39 is 0 Å². The second-order valence-corrected chi connectivity index (χ2v) is 11.8. The summed E-state index contributed by atoms with van der Waals surface area (Å²) in [6.45, 7) is 4.73. The van der Waals surface area contributed by atoms with Gasteiger partial charge in [-0.3, -0.25) is 0 Å². The van der Waals surface area contributed by atoms with Gasteiger partial charge in [0.25, 0.3) is 0 Å². The van der Waals surface area contributed by atoms with Gasteiger partial charge in [0.2, 0.25) is 0 Å². The van der Waals surface area contributed by atoms with E-state index in [-0.39, 0.29) is 5.41 Å². The minimum absolute atomic E-state index is 0.0534. The number of nitrogens with zero attached hydrogens (tertiary/aromatic N) is 1. The lowest BCUT2D eigenvalue weighted by Gasteiger charge is -2.22. The van der Waals surface area contributed by atoms with Crippen molar-refractivity contribution in [1.29, 1.82) is 0 Å². The van der Waals surface area contributed by atoms with Crippen molar-refractivity contribution in [2.75, 3.05) is 0 Å². The third-order valence-corrected chi connectivity index (χ3v) is 9.33. The molecule has 8 aromatic rings. The summed E-state index contributed by atoms with van der Waals surface area (Å²) in [5.74, 6) is 0. The Kier molecular flexibility index (Phi) is 4.18. The number of fused-ring (bicyclic) bond motifs is 12. The summed E-state index contributed by atoms with van der Waals surface area (Å²) in [6.07, 6.45) is 0. The van der Waals surface area contributed by atoms with Crippen molar-refractivity contribution in [2.24, 2.45) is 0 Å². The number of benzene rings is 7. The Labute approximate surface area is 232 Å². The molecule has 0 aliphatic heterocycles. The Morgan fingerprint density at radius 2 is 1.07 bits per heavy atom. The molecule has 1 heterocycles. The highest BCUT2D eigenvalue weighted by Gasteiger charge is 2.35. The fourth-order valence-electron chi connectivity index (χ4n) is 7.46. The summed E-state index contributed by atoms with van der Waals surface area (Å²) in [5, 5.41) is 10.4. The molecule has 7 aromatic carbocycles. The molecular formula is C39H27N. The maximum atomic E-state index is 2.53. The molecule has 1 aliphatic rings. The fourth-order valence-corrected chi connectivity index (χ4v) is 7.46. The zero-order valence-electron chi connectivity index (χ0n) is 22.6. The van der Waals surface area contributed by atoms with Crippen molar-refractivity contribution < 1.29 is 0 Å². The molecule has 40 heavy (non-hydrogen) atoms. The minimum Gasteiger partial charge on any atom is -0.309 e. The second kappa shape index (κ2) is 7.61. The summed E-state index contributed by atoms with van der Waals surface area (Å²) in [6, 6.07) is 47.4. The number of rotatable bonds is 1. The van der Waals surface area contributed by atoms with E-state index in [4.69, 9.17) is 0 Å². The van der Waals surface area contributed by atoms with Gasteiger partial charge in [-0.2, -0.15) is 0 Å². The lowest BCUT2D eigenvalue weighted by molar-refractivity contribution is 0.660. The third kappa shape index (κ3) is 2.72. The van der Waals surface area contributed by atoms with E-state index in [1.807, 2.05) is 0 Å². The highest BCUT2D eigenvalue weighted by Crippen LogP contribution is 2.50. The van der Waals surface area contributed by atoms with Gasteiger partial charge in [0, 0.05) is 27.3 Å². The summed E-state index contributed by atoms with van der Waals surface area (Å²) in [7, 11) is 0. The first-order valence-corrected chi connectivity index (χ1v) is 14.1. The van der Waals surface area contributed by atoms with E-state index in [2.05, 4.69) is 146 Å². The van der Waals surface area contributed by atoms with Crippen molar-refractivity contribution in [2.45, 2.75) is 19.3 Å². The van der Waals surface area contributed by atoms with Crippen LogP contribution in [0.25, 0.3) is 70.9 Å². The largest absolute Gasteiger partial charge is 0.309 e. The first kappa shape index (κ1) is 22.0. The number of hydrogen-bond donors (Lipinski definition) is 0. The molecule has 1 aromatic heterocycles. The van der Waals surface area contributed by atoms with Gasteiger partial charge in [0.1, 0.15) is 0 Å². The summed E-state index contributed by atoms with van der Waals surface area (Å²) >= 11 is 0. The van der Waals surface area contributed by atoms with Crippen LogP contribution in [-0.2, 0) is 5.41 Å². The second-order valence-electron chi connectivity index (χ2n) is 11.8. The molecule has 1 heteroatoms. The molecule has 9 rings (SSSR count). The molecule has 1 nitrogen and oxygen atoms in total. The molecule has 0 saturated carbocycles. The predicted octanol–water partition coefficient (Wildman–Crippen LogP) is 10.5. The molecule has 0 saturated heterocycles. The molecule has 0 atom stereocenters. The Morgan fingerprint density at radius 1 is 0.475 bits per heavy atom. The number of hydrogen-bond acceptors (Lipinski definition) is 0. The van der Waals surface area contributed by atoms with Crippen molar-refractivity contribution in [1.82, 2.24) is 4.57 Å². The van der Waals surface area contributed by atoms with Crippen molar-refractivity contribution in [3.8, 4) is 16.8 Å². The van der Waals surface area contributed by atoms with Crippen LogP contribution in [0.3, 0.4) is 0 Å². The molecule has 188 valence electrons. The molecule has 1 aliphatic carbocycles. The van der Waals surface area contributed by atoms with Gasteiger partial charge < -0.3 is 4.57 Å². The standard InChI is InChI=1S/C39H27N/c1-39(2)34-18-10-9-15-29(34)30-20-19-26(23-35(30)39)40-36-22-25-12-4-3-11-24(25)21-33(36)37-31-16-7-5-13-27(31)28-14-6-8-17-32(28)38(37)40/h3-23H,1-2H3. The minimum atomic E-state index is -0.0534. The smallest absolute Gasteiger partial charge is 0.0625 e. The molecule has 0 N–H and O–H groups in total. The lowest BCUT2D eigenvalue weighted by atomic mass is 9.82. The van der Waals surface area contributed by atoms with Gasteiger partial charge in [-0.05, 0) is 73.5 Å². The maximum Gasteiger partial charge on any atom is 0.0625 e. The zero-order chi connectivity index (χ0) is 26.6. The summed E-state index contributed by atoms with van der Waals surface area (Å²) in [5.41, 5.74) is 9.22. The van der Waals surface area contributed by atoms with Crippen LogP contribution in [-0.4, -0.2) is 4.57 Å². The average molecular weight is 510 g/mol. The van der Waals surface area contributed by atoms with E-state index in [1.165, 1.54) is 82.1 Å². The SMILES string of the molecule is CC1(C)c2ccccc2-c2ccc(-n3c4cc5ccccc5cc4c4c5ccccc5c5ccccc5c43)cc21. The molecule has 0 fully saturated rings. The fraction of sp³-hybridized carbons (Fsp3) is 0.0769. The monoisotopic (exact) mass is 509 g/mol. The van der Waals surface area contributed by atoms with Gasteiger partial charge in [-0.15, -0.1) is 0 Å². The van der Waals surface area contributed by atoms with E-state index in [0.29, 0.717) is 0 Å². The van der Waals surface area contributed by atoms with E-state index in [0.717, 1.165) is 0 Å². The van der Waals surface area contributed by atoms with Gasteiger partial charge in [-0.25, -0.2) is 0 Å². The zero-order valence-corrected chi connectivity index (χ0v) is 22.6. The Hall–Kier alpha value is -4.88. The van der Waals surface area contributed by atoms with Crippen LogP contribution in [0.2, 0.25) is 0 Å². The van der Waals surface area contributed by atoms with Crippen molar-refractivity contribution in [3.63, 3.8) is 0 Å². The number of aromatic nitrogens is 1. The molecular weight excluding hydrogens is 482 g/mol. The molecule has 0 bridgehead atoms. The van der Waals surface area contributed by atoms with Crippen LogP contribution in [0.4, 0.5) is 0 Å². The van der Waals surface area contributed by atoms with Crippen molar-refractivity contribution >= 4 is 54.1 Å². The van der Waals surface area contributed by atoms with E-state index >= 15 is 0 Å². The van der Waals surface area contributed by atoms with Crippen LogP contribution in [0, 0.1) is 0 Å². The first-order valence-electron chi connectivity index (χ1n) is 14.1. The van der Waals surface area contributed by atoms with Crippen LogP contribution < -0.4 is 0 Å². The van der Waals surface area contributed by atoms with Crippen molar-refractivity contribution in [3.05, 3.63) is 139 Å². The topological polar surface area (TPSA) is 4.93 Å². The maximum absolute atomic E-state index is 2.53. The molecule has 0 radical (unpaired) electrons. The average Bonchev–Trinajstić information content (AvgIpc) is 3.45. The quantitative estimate of drug-likeness (QED) is 0.194. The predicted molar refractivity (Wildman–Crippen MR) is 171 cm³/mol. The van der Waals surface area contributed by atoms with E-state index in [9.17, 15) is 0 Å². The Morgan fingerprint density at radius 3 is 1.88 bits per heavy atom. The Balaban J connectivity index is 1.50. The van der Waals surface area contributed by atoms with Crippen LogP contribution in [0.15, 0.2) is 127 Å². The normalized spacial score (nSPS) is 13.9. The first-order chi connectivity index (χ1) is 19.6. The third-order valence-electron chi connectivity index (χ3n) is 9.33. The van der Waals surface area contributed by atoms with Crippen LogP contribution in [0.1, 0.15) is 25.0 Å².